The van der Waals surface area contributed by atoms with Crippen molar-refractivity contribution in [1.29, 1.82) is 0 Å². The second-order valence-electron chi connectivity index (χ2n) is 6.04. The first-order valence-corrected chi connectivity index (χ1v) is 7.97. The molecule has 0 aromatic heterocycles. The van der Waals surface area contributed by atoms with E-state index in [1.807, 2.05) is 7.11 Å². The predicted molar refractivity (Wildman–Crippen MR) is 79.0 cm³/mol. The minimum absolute atomic E-state index is 0.0932. The third kappa shape index (κ3) is 4.24. The number of rotatable bonds is 7. The molecule has 0 spiro atoms. The van der Waals surface area contributed by atoms with Gasteiger partial charge in [-0.15, -0.1) is 0 Å². The molecule has 2 unspecified atom stereocenters. The van der Waals surface area contributed by atoms with Crippen LogP contribution in [0.25, 0.3) is 0 Å². The molecule has 0 aromatic rings. The fourth-order valence-electron chi connectivity index (χ4n) is 3.32. The first-order valence-electron chi connectivity index (χ1n) is 7.97. The molecule has 18 heavy (non-hydrogen) atoms. The van der Waals surface area contributed by atoms with Gasteiger partial charge in [-0.1, -0.05) is 52.9 Å². The highest BCUT2D eigenvalue weighted by Crippen LogP contribution is 2.35. The highest BCUT2D eigenvalue weighted by atomic mass is 16.5. The molecule has 2 atom stereocenters. The van der Waals surface area contributed by atoms with E-state index in [2.05, 4.69) is 26.1 Å². The third-order valence-electron chi connectivity index (χ3n) is 4.78. The van der Waals surface area contributed by atoms with E-state index in [-0.39, 0.29) is 5.60 Å². The molecule has 0 aliphatic heterocycles. The Kier molecular flexibility index (Phi) is 7.25. The number of methoxy groups -OCH3 is 1. The highest BCUT2D eigenvalue weighted by molar-refractivity contribution is 4.95. The smallest absolute Gasteiger partial charge is 0.0831 e. The Morgan fingerprint density at radius 2 is 1.72 bits per heavy atom. The molecule has 1 aliphatic carbocycles. The molecule has 2 heteroatoms. The second-order valence-corrected chi connectivity index (χ2v) is 6.04. The van der Waals surface area contributed by atoms with Crippen molar-refractivity contribution in [3.63, 3.8) is 0 Å². The van der Waals surface area contributed by atoms with E-state index in [1.165, 1.54) is 51.4 Å². The summed E-state index contributed by atoms with van der Waals surface area (Å²) in [6.45, 7) is 7.92. The molecular weight excluding hydrogens is 222 g/mol. The molecule has 1 rings (SSSR count). The Morgan fingerprint density at radius 1 is 1.11 bits per heavy atom. The molecule has 1 saturated carbocycles. The predicted octanol–water partition coefficient (Wildman–Crippen LogP) is 4.14. The summed E-state index contributed by atoms with van der Waals surface area (Å²) < 4.78 is 6.06. The summed E-state index contributed by atoms with van der Waals surface area (Å²) in [7, 11) is 1.92. The van der Waals surface area contributed by atoms with Crippen LogP contribution in [-0.4, -0.2) is 25.3 Å². The van der Waals surface area contributed by atoms with Crippen molar-refractivity contribution in [1.82, 2.24) is 5.32 Å². The van der Waals surface area contributed by atoms with Gasteiger partial charge in [0.15, 0.2) is 0 Å². The van der Waals surface area contributed by atoms with E-state index >= 15 is 0 Å². The Labute approximate surface area is 114 Å². The Balaban J connectivity index is 2.76. The van der Waals surface area contributed by atoms with E-state index in [4.69, 9.17) is 4.74 Å². The maximum absolute atomic E-state index is 6.06. The van der Waals surface area contributed by atoms with Crippen molar-refractivity contribution >= 4 is 0 Å². The number of ether oxygens (including phenoxy) is 1. The molecule has 1 N–H and O–H groups in total. The van der Waals surface area contributed by atoms with Crippen LogP contribution in [0.15, 0.2) is 0 Å². The van der Waals surface area contributed by atoms with E-state index < -0.39 is 0 Å². The summed E-state index contributed by atoms with van der Waals surface area (Å²) in [5, 5.41) is 3.71. The van der Waals surface area contributed by atoms with Crippen LogP contribution in [0.4, 0.5) is 0 Å². The maximum Gasteiger partial charge on any atom is 0.0831 e. The Morgan fingerprint density at radius 3 is 2.17 bits per heavy atom. The van der Waals surface area contributed by atoms with Crippen LogP contribution in [0.2, 0.25) is 0 Å². The second kappa shape index (κ2) is 8.16. The molecule has 0 aromatic carbocycles. The van der Waals surface area contributed by atoms with Crippen LogP contribution < -0.4 is 5.32 Å². The monoisotopic (exact) mass is 255 g/mol. The SMILES string of the molecule is CCNC(CC(C)CC)C1(OC)CCCCCC1. The molecule has 0 amide bonds. The van der Waals surface area contributed by atoms with Crippen LogP contribution >= 0.6 is 0 Å². The molecule has 1 fully saturated rings. The summed E-state index contributed by atoms with van der Waals surface area (Å²) in [4.78, 5) is 0. The maximum atomic E-state index is 6.06. The van der Waals surface area contributed by atoms with Crippen molar-refractivity contribution in [2.45, 2.75) is 83.8 Å². The molecule has 0 bridgehead atoms. The zero-order valence-corrected chi connectivity index (χ0v) is 12.9. The Hall–Kier alpha value is -0.0800. The van der Waals surface area contributed by atoms with Crippen molar-refractivity contribution in [3.8, 4) is 0 Å². The van der Waals surface area contributed by atoms with Gasteiger partial charge >= 0.3 is 0 Å². The number of hydrogen-bond donors (Lipinski definition) is 1. The number of hydrogen-bond acceptors (Lipinski definition) is 2. The molecule has 0 heterocycles. The summed E-state index contributed by atoms with van der Waals surface area (Å²) in [5.74, 6) is 0.782. The average Bonchev–Trinajstić information content (AvgIpc) is 2.64. The van der Waals surface area contributed by atoms with Crippen molar-refractivity contribution in [3.05, 3.63) is 0 Å². The van der Waals surface area contributed by atoms with E-state index in [9.17, 15) is 0 Å². The van der Waals surface area contributed by atoms with Gasteiger partial charge in [0, 0.05) is 13.2 Å². The normalized spacial score (nSPS) is 23.3. The standard InChI is InChI=1S/C16H33NO/c1-5-14(3)13-15(17-6-2)16(18-4)11-9-7-8-10-12-16/h14-15,17H,5-13H2,1-4H3. The fraction of sp³-hybridized carbons (Fsp3) is 1.00. The van der Waals surface area contributed by atoms with Crippen molar-refractivity contribution in [2.75, 3.05) is 13.7 Å². The molecule has 0 saturated heterocycles. The van der Waals surface area contributed by atoms with Gasteiger partial charge in [0.25, 0.3) is 0 Å². The largest absolute Gasteiger partial charge is 0.377 e. The van der Waals surface area contributed by atoms with Crippen molar-refractivity contribution in [2.24, 2.45) is 5.92 Å². The first kappa shape index (κ1) is 16.0. The topological polar surface area (TPSA) is 21.3 Å². The van der Waals surface area contributed by atoms with Gasteiger partial charge in [-0.2, -0.15) is 0 Å². The molecule has 2 nitrogen and oxygen atoms in total. The van der Waals surface area contributed by atoms with Gasteiger partial charge in [0.05, 0.1) is 5.60 Å². The Bertz CT molecular complexity index is 209. The van der Waals surface area contributed by atoms with E-state index in [0.29, 0.717) is 6.04 Å². The lowest BCUT2D eigenvalue weighted by Crippen LogP contribution is -2.52. The molecule has 108 valence electrons. The average molecular weight is 255 g/mol. The zero-order chi connectivity index (χ0) is 13.4. The lowest BCUT2D eigenvalue weighted by Gasteiger charge is -2.41. The summed E-state index contributed by atoms with van der Waals surface area (Å²) in [6, 6.07) is 0.528. The van der Waals surface area contributed by atoms with E-state index in [0.717, 1.165) is 12.5 Å². The summed E-state index contributed by atoms with van der Waals surface area (Å²) in [5.41, 5.74) is 0.0932. The molecule has 0 radical (unpaired) electrons. The lowest BCUT2D eigenvalue weighted by molar-refractivity contribution is -0.0576. The van der Waals surface area contributed by atoms with Gasteiger partial charge in [0.2, 0.25) is 0 Å². The number of nitrogens with one attached hydrogen (secondary N) is 1. The van der Waals surface area contributed by atoms with E-state index in [1.54, 1.807) is 0 Å². The highest BCUT2D eigenvalue weighted by Gasteiger charge is 2.38. The lowest BCUT2D eigenvalue weighted by atomic mass is 9.81. The van der Waals surface area contributed by atoms with Gasteiger partial charge < -0.3 is 10.1 Å². The van der Waals surface area contributed by atoms with Gasteiger partial charge in [0.1, 0.15) is 0 Å². The minimum Gasteiger partial charge on any atom is -0.377 e. The van der Waals surface area contributed by atoms with Crippen LogP contribution in [0, 0.1) is 5.92 Å². The first-order chi connectivity index (χ1) is 8.68. The minimum atomic E-state index is 0.0932. The summed E-state index contributed by atoms with van der Waals surface area (Å²) in [6.07, 6.45) is 10.4. The molecule has 1 aliphatic rings. The molecular formula is C16H33NO. The van der Waals surface area contributed by atoms with Crippen LogP contribution in [-0.2, 0) is 4.74 Å². The van der Waals surface area contributed by atoms with Gasteiger partial charge in [-0.25, -0.2) is 0 Å². The quantitative estimate of drug-likeness (QED) is 0.690. The van der Waals surface area contributed by atoms with Crippen LogP contribution in [0.1, 0.15) is 72.1 Å². The van der Waals surface area contributed by atoms with Crippen molar-refractivity contribution < 1.29 is 4.74 Å². The van der Waals surface area contributed by atoms with Gasteiger partial charge in [-0.05, 0) is 31.7 Å². The van der Waals surface area contributed by atoms with Crippen LogP contribution in [0.3, 0.4) is 0 Å². The van der Waals surface area contributed by atoms with Gasteiger partial charge in [-0.3, -0.25) is 0 Å². The fourth-order valence-corrected chi connectivity index (χ4v) is 3.32. The zero-order valence-electron chi connectivity index (χ0n) is 12.9. The number of likely N-dealkylation sites (N-methyl/N-ethyl adjacent to an activating group) is 1. The third-order valence-corrected chi connectivity index (χ3v) is 4.78. The summed E-state index contributed by atoms with van der Waals surface area (Å²) >= 11 is 0. The van der Waals surface area contributed by atoms with Crippen LogP contribution in [0.5, 0.6) is 0 Å².